The zero-order valence-electron chi connectivity index (χ0n) is 17.5. The van der Waals surface area contributed by atoms with Crippen LogP contribution in [0.4, 0.5) is 5.13 Å². The largest absolute Gasteiger partial charge is 0.280 e. The second-order valence-electron chi connectivity index (χ2n) is 7.54. The Morgan fingerprint density at radius 2 is 1.63 bits per heavy atom. The van der Waals surface area contributed by atoms with Crippen molar-refractivity contribution in [2.45, 2.75) is 27.7 Å². The molecule has 0 spiro atoms. The van der Waals surface area contributed by atoms with E-state index in [2.05, 4.69) is 16.2 Å². The Labute approximate surface area is 180 Å². The number of aryl methyl sites for hydroxylation is 4. The van der Waals surface area contributed by atoms with Gasteiger partial charge in [-0.1, -0.05) is 53.3 Å². The summed E-state index contributed by atoms with van der Waals surface area (Å²) in [6.45, 7) is 8.13. The summed E-state index contributed by atoms with van der Waals surface area (Å²) in [5.74, 6) is -0.197. The van der Waals surface area contributed by atoms with Gasteiger partial charge < -0.3 is 0 Å². The average molecular weight is 414 g/mol. The van der Waals surface area contributed by atoms with E-state index in [1.807, 2.05) is 82.3 Å². The molecule has 1 heterocycles. The van der Waals surface area contributed by atoms with Crippen molar-refractivity contribution in [2.75, 3.05) is 5.01 Å². The molecule has 4 aromatic rings. The minimum Gasteiger partial charge on any atom is -0.267 e. The lowest BCUT2D eigenvalue weighted by molar-refractivity contribution is 0.0987. The second-order valence-corrected chi connectivity index (χ2v) is 8.55. The lowest BCUT2D eigenvalue weighted by Gasteiger charge is -2.14. The maximum atomic E-state index is 13.4. The van der Waals surface area contributed by atoms with E-state index in [1.165, 1.54) is 21.9 Å². The first-order valence-electron chi connectivity index (χ1n) is 9.80. The lowest BCUT2D eigenvalue weighted by Crippen LogP contribution is -2.25. The number of thiazole rings is 1. The first-order chi connectivity index (χ1) is 14.4. The Balaban J connectivity index is 1.77. The lowest BCUT2D eigenvalue weighted by atomic mass is 10.1. The Hall–Kier alpha value is -3.31. The highest BCUT2D eigenvalue weighted by molar-refractivity contribution is 7.22. The van der Waals surface area contributed by atoms with Gasteiger partial charge in [-0.05, 0) is 74.2 Å². The van der Waals surface area contributed by atoms with Gasteiger partial charge in [0.2, 0.25) is 5.13 Å². The number of carbonyl (C=O) groups excluding carboxylic acids is 1. The number of carbonyl (C=O) groups is 1. The Morgan fingerprint density at radius 1 is 0.900 bits per heavy atom. The highest BCUT2D eigenvalue weighted by atomic mass is 32.1. The van der Waals surface area contributed by atoms with Crippen LogP contribution in [0.5, 0.6) is 0 Å². The Bertz CT molecular complexity index is 1260. The van der Waals surface area contributed by atoms with Gasteiger partial charge in [-0.25, -0.2) is 4.98 Å². The summed E-state index contributed by atoms with van der Waals surface area (Å²) in [5, 5.41) is 6.51. The van der Waals surface area contributed by atoms with Crippen molar-refractivity contribution >= 4 is 38.8 Å². The predicted molar refractivity (Wildman–Crippen MR) is 126 cm³/mol. The molecule has 0 aliphatic rings. The fourth-order valence-electron chi connectivity index (χ4n) is 3.07. The first kappa shape index (κ1) is 20.0. The average Bonchev–Trinajstić information content (AvgIpc) is 3.14. The van der Waals surface area contributed by atoms with Crippen molar-refractivity contribution in [1.29, 1.82) is 0 Å². The van der Waals surface area contributed by atoms with Gasteiger partial charge in [0.25, 0.3) is 5.91 Å². The van der Waals surface area contributed by atoms with Crippen molar-refractivity contribution in [2.24, 2.45) is 5.10 Å². The van der Waals surface area contributed by atoms with E-state index in [1.54, 1.807) is 6.21 Å². The maximum absolute atomic E-state index is 13.4. The standard InChI is InChI=1S/C25H23N3OS/c1-16-5-9-20(10-6-16)15-26-28(24(29)21-11-8-18(3)19(4)14-21)25-27-22-12-7-17(2)13-23(22)30-25/h5-15H,1-4H3/b26-15+. The van der Waals surface area contributed by atoms with Crippen molar-refractivity contribution in [3.63, 3.8) is 0 Å². The summed E-state index contributed by atoms with van der Waals surface area (Å²) in [4.78, 5) is 18.1. The molecule has 0 atom stereocenters. The van der Waals surface area contributed by atoms with E-state index in [0.717, 1.165) is 32.5 Å². The third-order valence-corrected chi connectivity index (χ3v) is 6.05. The molecule has 0 aliphatic carbocycles. The molecule has 0 N–H and O–H groups in total. The van der Waals surface area contributed by atoms with Crippen LogP contribution in [0.2, 0.25) is 0 Å². The molecule has 1 amide bonds. The molecule has 0 radical (unpaired) electrons. The van der Waals surface area contributed by atoms with Crippen LogP contribution in [-0.4, -0.2) is 17.1 Å². The number of aromatic nitrogens is 1. The fourth-order valence-corrected chi connectivity index (χ4v) is 4.09. The highest BCUT2D eigenvalue weighted by Crippen LogP contribution is 2.31. The van der Waals surface area contributed by atoms with Gasteiger partial charge >= 0.3 is 0 Å². The molecule has 1 aromatic heterocycles. The third-order valence-electron chi connectivity index (χ3n) is 5.06. The van der Waals surface area contributed by atoms with E-state index in [9.17, 15) is 4.79 Å². The molecule has 5 heteroatoms. The molecule has 4 rings (SSSR count). The van der Waals surface area contributed by atoms with E-state index in [-0.39, 0.29) is 5.91 Å². The summed E-state index contributed by atoms with van der Waals surface area (Å²) in [6.07, 6.45) is 1.70. The summed E-state index contributed by atoms with van der Waals surface area (Å²) < 4.78 is 1.04. The van der Waals surface area contributed by atoms with E-state index < -0.39 is 0 Å². The zero-order valence-corrected chi connectivity index (χ0v) is 18.3. The molecule has 0 fully saturated rings. The van der Waals surface area contributed by atoms with Crippen LogP contribution in [0.1, 0.15) is 38.2 Å². The van der Waals surface area contributed by atoms with E-state index >= 15 is 0 Å². The molecule has 0 bridgehead atoms. The third kappa shape index (κ3) is 4.16. The molecular formula is C25H23N3OS. The van der Waals surface area contributed by atoms with Crippen LogP contribution in [0.3, 0.4) is 0 Å². The molecule has 150 valence electrons. The smallest absolute Gasteiger partial charge is 0.267 e. The quantitative estimate of drug-likeness (QED) is 0.295. The van der Waals surface area contributed by atoms with Crippen LogP contribution in [-0.2, 0) is 0 Å². The van der Waals surface area contributed by atoms with Gasteiger partial charge in [0, 0.05) is 5.56 Å². The van der Waals surface area contributed by atoms with E-state index in [4.69, 9.17) is 0 Å². The molecular weight excluding hydrogens is 390 g/mol. The SMILES string of the molecule is Cc1ccc(/C=N/N(C(=O)c2ccc(C)c(C)c2)c2nc3ccc(C)cc3s2)cc1. The number of hydrogen-bond donors (Lipinski definition) is 0. The molecule has 0 saturated carbocycles. The Morgan fingerprint density at radius 3 is 2.37 bits per heavy atom. The number of fused-ring (bicyclic) bond motifs is 1. The predicted octanol–water partition coefficient (Wildman–Crippen LogP) is 6.21. The number of amides is 1. The summed E-state index contributed by atoms with van der Waals surface area (Å²) >= 11 is 1.47. The van der Waals surface area contributed by atoms with Gasteiger partial charge in [0.15, 0.2) is 0 Å². The van der Waals surface area contributed by atoms with Gasteiger partial charge in [-0.15, -0.1) is 0 Å². The molecule has 0 saturated heterocycles. The molecule has 0 aliphatic heterocycles. The molecule has 3 aromatic carbocycles. The van der Waals surface area contributed by atoms with Crippen LogP contribution in [0, 0.1) is 27.7 Å². The number of anilines is 1. The topological polar surface area (TPSA) is 45.6 Å². The van der Waals surface area contributed by atoms with Gasteiger partial charge in [0.1, 0.15) is 0 Å². The van der Waals surface area contributed by atoms with Crippen molar-refractivity contribution < 1.29 is 4.79 Å². The van der Waals surface area contributed by atoms with Crippen molar-refractivity contribution in [3.8, 4) is 0 Å². The van der Waals surface area contributed by atoms with Crippen molar-refractivity contribution in [1.82, 2.24) is 4.98 Å². The zero-order chi connectivity index (χ0) is 21.3. The number of rotatable bonds is 4. The summed E-state index contributed by atoms with van der Waals surface area (Å²) in [7, 11) is 0. The minimum absolute atomic E-state index is 0.197. The van der Waals surface area contributed by atoms with Crippen molar-refractivity contribution in [3.05, 3.63) is 94.0 Å². The number of hydrazone groups is 1. The molecule has 0 unspecified atom stereocenters. The van der Waals surface area contributed by atoms with Crippen LogP contribution in [0.15, 0.2) is 65.8 Å². The molecule has 4 nitrogen and oxygen atoms in total. The maximum Gasteiger partial charge on any atom is 0.280 e. The highest BCUT2D eigenvalue weighted by Gasteiger charge is 2.21. The summed E-state index contributed by atoms with van der Waals surface area (Å²) in [5.41, 5.74) is 6.94. The second kappa shape index (κ2) is 8.20. The van der Waals surface area contributed by atoms with Gasteiger partial charge in [-0.2, -0.15) is 10.1 Å². The number of hydrogen-bond acceptors (Lipinski definition) is 4. The summed E-state index contributed by atoms with van der Waals surface area (Å²) in [6, 6.07) is 19.8. The van der Waals surface area contributed by atoms with Gasteiger partial charge in [0.05, 0.1) is 16.4 Å². The first-order valence-corrected chi connectivity index (χ1v) is 10.6. The normalized spacial score (nSPS) is 11.3. The Kier molecular flexibility index (Phi) is 5.46. The van der Waals surface area contributed by atoms with Gasteiger partial charge in [-0.3, -0.25) is 4.79 Å². The monoisotopic (exact) mass is 413 g/mol. The number of nitrogens with zero attached hydrogens (tertiary/aromatic N) is 3. The molecule has 30 heavy (non-hydrogen) atoms. The van der Waals surface area contributed by atoms with Crippen LogP contribution >= 0.6 is 11.3 Å². The number of benzene rings is 3. The van der Waals surface area contributed by atoms with E-state index in [0.29, 0.717) is 10.7 Å². The van der Waals surface area contributed by atoms with Crippen LogP contribution < -0.4 is 5.01 Å². The fraction of sp³-hybridized carbons (Fsp3) is 0.160. The minimum atomic E-state index is -0.197. The van der Waals surface area contributed by atoms with Crippen LogP contribution in [0.25, 0.3) is 10.2 Å².